The summed E-state index contributed by atoms with van der Waals surface area (Å²) in [5.41, 5.74) is 5.08. The number of aliphatic hydroxyl groups is 3. The van der Waals surface area contributed by atoms with Crippen LogP contribution in [0.5, 0.6) is 0 Å². The molecule has 1 aromatic carbocycles. The highest BCUT2D eigenvalue weighted by Crippen LogP contribution is 2.70. The number of rotatable bonds is 10. The van der Waals surface area contributed by atoms with Crippen LogP contribution < -0.4 is 4.90 Å². The molecule has 0 radical (unpaired) electrons. The van der Waals surface area contributed by atoms with Gasteiger partial charge in [0.15, 0.2) is 5.78 Å². The number of carboxylic acid groups (broad SMARTS) is 1. The van der Waals surface area contributed by atoms with E-state index >= 15 is 0 Å². The molecule has 0 saturated heterocycles. The molecule has 344 valence electrons. The second-order valence-electron chi connectivity index (χ2n) is 23.1. The molecule has 8 aliphatic rings. The van der Waals surface area contributed by atoms with Gasteiger partial charge in [-0.15, -0.1) is 5.92 Å². The minimum Gasteiger partial charge on any atom is -0.481 e. The molecule has 6 saturated carbocycles. The van der Waals surface area contributed by atoms with Crippen LogP contribution in [-0.2, 0) is 14.3 Å². The lowest BCUT2D eigenvalue weighted by molar-refractivity contribution is -0.209. The van der Waals surface area contributed by atoms with E-state index in [1.165, 1.54) is 22.3 Å². The summed E-state index contributed by atoms with van der Waals surface area (Å²) >= 11 is 0. The van der Waals surface area contributed by atoms with E-state index in [0.717, 1.165) is 89.3 Å². The first-order chi connectivity index (χ1) is 29.9. The van der Waals surface area contributed by atoms with Crippen molar-refractivity contribution in [1.29, 1.82) is 0 Å². The lowest BCUT2D eigenvalue weighted by Gasteiger charge is -2.63. The Morgan fingerprint density at radius 1 is 0.968 bits per heavy atom. The van der Waals surface area contributed by atoms with Crippen molar-refractivity contribution in [3.8, 4) is 11.8 Å². The second kappa shape index (κ2) is 16.7. The van der Waals surface area contributed by atoms with Gasteiger partial charge in [-0.3, -0.25) is 9.59 Å². The number of hydrogen-bond donors (Lipinski definition) is 4. The van der Waals surface area contributed by atoms with E-state index in [9.17, 15) is 30.0 Å². The summed E-state index contributed by atoms with van der Waals surface area (Å²) in [6.45, 7) is 14.6. The van der Waals surface area contributed by atoms with E-state index in [0.29, 0.717) is 37.2 Å². The number of allylic oxidation sites excluding steroid dienone is 4. The van der Waals surface area contributed by atoms with Crippen LogP contribution in [0.3, 0.4) is 0 Å². The zero-order chi connectivity index (χ0) is 44.8. The van der Waals surface area contributed by atoms with Crippen molar-refractivity contribution in [2.24, 2.45) is 69.5 Å². The van der Waals surface area contributed by atoms with Crippen LogP contribution in [-0.4, -0.2) is 76.3 Å². The fourth-order valence-corrected chi connectivity index (χ4v) is 17.0. The Labute approximate surface area is 377 Å². The Bertz CT molecular complexity index is 2060. The van der Waals surface area contributed by atoms with Crippen molar-refractivity contribution in [2.75, 3.05) is 25.1 Å². The minimum absolute atomic E-state index is 0.0626. The number of benzene rings is 1. The van der Waals surface area contributed by atoms with Gasteiger partial charge in [-0.25, -0.2) is 0 Å². The van der Waals surface area contributed by atoms with Crippen molar-refractivity contribution < 1.29 is 34.8 Å². The van der Waals surface area contributed by atoms with E-state index in [-0.39, 0.29) is 82.1 Å². The predicted molar refractivity (Wildman–Crippen MR) is 247 cm³/mol. The molecule has 9 rings (SSSR count). The number of aliphatic carboxylic acids is 1. The first-order valence-electron chi connectivity index (χ1n) is 25.1. The molecule has 1 aromatic rings. The van der Waals surface area contributed by atoms with Crippen LogP contribution in [0.4, 0.5) is 5.69 Å². The third kappa shape index (κ3) is 7.23. The van der Waals surface area contributed by atoms with Gasteiger partial charge in [0.25, 0.3) is 0 Å². The van der Waals surface area contributed by atoms with Gasteiger partial charge >= 0.3 is 5.97 Å². The molecule has 0 spiro atoms. The van der Waals surface area contributed by atoms with Crippen LogP contribution in [0.1, 0.15) is 149 Å². The van der Waals surface area contributed by atoms with Gasteiger partial charge < -0.3 is 30.1 Å². The summed E-state index contributed by atoms with van der Waals surface area (Å²) in [5, 5.41) is 45.7. The number of ketones is 1. The smallest absolute Gasteiger partial charge is 0.303 e. The number of anilines is 1. The molecular formula is C55H77NO7. The maximum Gasteiger partial charge on any atom is 0.303 e. The quantitative estimate of drug-likeness (QED) is 0.172. The number of hydrogen-bond acceptors (Lipinski definition) is 7. The zero-order valence-electron chi connectivity index (χ0n) is 39.4. The van der Waals surface area contributed by atoms with Crippen molar-refractivity contribution in [2.45, 2.75) is 168 Å². The Balaban J connectivity index is 0.848. The molecule has 8 nitrogen and oxygen atoms in total. The third-order valence-electron chi connectivity index (χ3n) is 20.5. The Morgan fingerprint density at radius 3 is 2.46 bits per heavy atom. The molecule has 6 fully saturated rings. The van der Waals surface area contributed by atoms with Gasteiger partial charge in [-0.2, -0.15) is 0 Å². The first-order valence-corrected chi connectivity index (χ1v) is 25.1. The number of fused-ring (bicyclic) bond motifs is 9. The molecule has 0 amide bonds. The average Bonchev–Trinajstić information content (AvgIpc) is 3.71. The summed E-state index contributed by atoms with van der Waals surface area (Å²) in [6.07, 6.45) is 13.8. The summed E-state index contributed by atoms with van der Waals surface area (Å²) in [4.78, 5) is 26.3. The van der Waals surface area contributed by atoms with Gasteiger partial charge in [0.1, 0.15) is 5.60 Å². The fraction of sp³-hybridized carbons (Fsp3) is 0.745. The van der Waals surface area contributed by atoms with Crippen LogP contribution in [0, 0.1) is 81.3 Å². The largest absolute Gasteiger partial charge is 0.481 e. The number of carboxylic acids is 1. The van der Waals surface area contributed by atoms with Gasteiger partial charge in [0, 0.05) is 43.5 Å². The van der Waals surface area contributed by atoms with E-state index in [1.54, 1.807) is 0 Å². The van der Waals surface area contributed by atoms with E-state index in [2.05, 4.69) is 82.7 Å². The number of aliphatic hydroxyl groups excluding tert-OH is 2. The second-order valence-corrected chi connectivity index (χ2v) is 23.1. The van der Waals surface area contributed by atoms with Gasteiger partial charge in [0.05, 0.1) is 24.9 Å². The van der Waals surface area contributed by atoms with E-state index in [4.69, 9.17) is 4.74 Å². The predicted octanol–water partition coefficient (Wildman–Crippen LogP) is 9.51. The average molecular weight is 864 g/mol. The molecule has 8 aliphatic carbocycles. The molecule has 4 N–H and O–H groups in total. The maximum absolute atomic E-state index is 12.6. The van der Waals surface area contributed by atoms with Crippen LogP contribution >= 0.6 is 0 Å². The van der Waals surface area contributed by atoms with E-state index in [1.807, 2.05) is 13.0 Å². The van der Waals surface area contributed by atoms with Gasteiger partial charge in [0.2, 0.25) is 0 Å². The lowest BCUT2D eigenvalue weighted by Crippen LogP contribution is -2.62. The molecule has 8 heteroatoms. The number of carbonyl (C=O) groups excluding carboxylic acids is 1. The SMILES string of the molecule is CC#C[C@@]1(O)[C@@H](C)CC2C3CCC4=CC(=O)CCC4=C3[C@H](c3ccc(N(C)CCO[C@H]4CC[C@@]5(C)[C@@H](C4)C[C@@H](O)[C@@H]4[C@@H]5C[C@H](O)[C@]5(C)[C@@H]([C@H](C)CCC(=O)O)CC[C@@H]45)cc3)C[C@@]21C. The normalized spacial score (nSPS) is 44.4. The van der Waals surface area contributed by atoms with Crippen LogP contribution in [0.25, 0.3) is 0 Å². The zero-order valence-corrected chi connectivity index (χ0v) is 39.4. The number of likely N-dealkylation sites (N-methyl/N-ethyl adjacent to an activating group) is 1. The summed E-state index contributed by atoms with van der Waals surface area (Å²) in [7, 11) is 2.14. The van der Waals surface area contributed by atoms with Crippen LogP contribution in [0.2, 0.25) is 0 Å². The Hall–Kier alpha value is -2.96. The van der Waals surface area contributed by atoms with Crippen molar-refractivity contribution in [3.63, 3.8) is 0 Å². The number of carbonyl (C=O) groups is 2. The highest BCUT2D eigenvalue weighted by molar-refractivity contribution is 5.93. The van der Waals surface area contributed by atoms with E-state index < -0.39 is 17.7 Å². The number of ether oxygens (including phenoxy) is 1. The minimum atomic E-state index is -1.03. The molecule has 0 aliphatic heterocycles. The molecule has 2 unspecified atom stereocenters. The summed E-state index contributed by atoms with van der Waals surface area (Å²) < 4.78 is 6.68. The standard InChI is InChI=1S/C55H77NO7/c1-8-22-55(62)33(3)26-45-41-16-12-35-27-38(57)15-17-40(35)50(41)42(31-53(45,55)5)34-10-13-37(14-11-34)56(7)24-25-63-39-21-23-52(4)36(28-39)29-47(58)51-44-19-18-43(32(2)9-20-49(60)61)54(44,6)48(59)30-46(51)52/h10-11,13-14,27,32-33,36,39,41-48,51,58-59,62H,9,12,15-21,23-26,28-31H2,1-7H3,(H,60,61)/t32-,33+,36+,39+,41?,42+,43-,44+,45?,46+,47-,48+,51+,52+,53+,54-,55-/m1/s1. The molecule has 0 aromatic heterocycles. The summed E-state index contributed by atoms with van der Waals surface area (Å²) in [6, 6.07) is 9.12. The van der Waals surface area contributed by atoms with Crippen molar-refractivity contribution >= 4 is 17.4 Å². The highest BCUT2D eigenvalue weighted by atomic mass is 16.5. The maximum atomic E-state index is 12.6. The molecule has 0 heterocycles. The first kappa shape index (κ1) is 45.2. The monoisotopic (exact) mass is 864 g/mol. The lowest BCUT2D eigenvalue weighted by atomic mass is 9.43. The molecule has 0 bridgehead atoms. The molecule has 17 atom stereocenters. The Morgan fingerprint density at radius 2 is 1.73 bits per heavy atom. The topological polar surface area (TPSA) is 128 Å². The fourth-order valence-electron chi connectivity index (χ4n) is 17.0. The van der Waals surface area contributed by atoms with Crippen molar-refractivity contribution in [3.05, 3.63) is 52.6 Å². The molecule has 63 heavy (non-hydrogen) atoms. The summed E-state index contributed by atoms with van der Waals surface area (Å²) in [5.74, 6) is 8.58. The third-order valence-corrected chi connectivity index (χ3v) is 20.5. The van der Waals surface area contributed by atoms with Crippen molar-refractivity contribution in [1.82, 2.24) is 0 Å². The van der Waals surface area contributed by atoms with Gasteiger partial charge in [-0.05, 0) is 189 Å². The Kier molecular flexibility index (Phi) is 12.0. The van der Waals surface area contributed by atoms with Crippen LogP contribution in [0.15, 0.2) is 47.1 Å². The molecular weight excluding hydrogens is 787 g/mol. The highest BCUT2D eigenvalue weighted by Gasteiger charge is 2.67. The number of nitrogens with zero attached hydrogens (tertiary/aromatic N) is 1. The van der Waals surface area contributed by atoms with Gasteiger partial charge in [-0.1, -0.05) is 58.2 Å².